The van der Waals surface area contributed by atoms with Gasteiger partial charge in [-0.05, 0) is 148 Å². The van der Waals surface area contributed by atoms with Gasteiger partial charge in [0.2, 0.25) is 0 Å². The van der Waals surface area contributed by atoms with E-state index in [9.17, 15) is 4.79 Å². The molecule has 322 valence electrons. The second kappa shape index (κ2) is 13.1. The molecule has 0 aromatic heterocycles. The van der Waals surface area contributed by atoms with E-state index in [0.29, 0.717) is 84.9 Å². The van der Waals surface area contributed by atoms with Crippen LogP contribution in [0.25, 0.3) is 0 Å². The van der Waals surface area contributed by atoms with Crippen molar-refractivity contribution >= 4 is 17.7 Å². The van der Waals surface area contributed by atoms with Gasteiger partial charge in [-0.25, -0.2) is 4.79 Å². The van der Waals surface area contributed by atoms with Crippen LogP contribution in [0.4, 0.5) is 0 Å². The van der Waals surface area contributed by atoms with Crippen molar-refractivity contribution < 1.29 is 23.9 Å². The van der Waals surface area contributed by atoms with Crippen molar-refractivity contribution in [3.63, 3.8) is 0 Å². The topological polar surface area (TPSA) is 102 Å². The molecular weight excluding hydrogens is 747 g/mol. The fourth-order valence-corrected chi connectivity index (χ4v) is 17.8. The standard InChI is InChI=1S/C52H69N3O5/c1-28(2)13-16-49(5)17-14-33-23-37-29(3)20-34-11-12-39-35-22-31-25-54(27-35)30(4)21-40(56)46-50-18-15-36(43(37)45(34)55(39)26-31)44(33)51(50,48(58)59-46)41(24-49)52(50)38-10-6-8-32(9-7-19-53)42(38)47(57)60-52/h6,8,10,23,28-31,34-35,37,39,41,43,45-46H,7,9,11-22,24-27,53H2,1-5H3. The summed E-state index contributed by atoms with van der Waals surface area (Å²) >= 11 is 0. The van der Waals surface area contributed by atoms with Gasteiger partial charge >= 0.3 is 11.9 Å². The number of nitrogens with two attached hydrogens (primary N) is 1. The van der Waals surface area contributed by atoms with Gasteiger partial charge in [0.25, 0.3) is 0 Å². The number of esters is 2. The molecule has 8 nitrogen and oxygen atoms in total. The molecule has 8 heteroatoms. The number of Topliss-reactive ketones (excluding diaryl/α,β-unsaturated/α-hetero) is 1. The van der Waals surface area contributed by atoms with E-state index in [1.165, 1.54) is 42.4 Å². The first-order chi connectivity index (χ1) is 28.9. The number of aryl methyl sites for hydroxylation is 1. The van der Waals surface area contributed by atoms with Gasteiger partial charge in [-0.2, -0.15) is 0 Å². The molecule has 1 aromatic rings. The number of hydrogen-bond donors (Lipinski definition) is 1. The first-order valence-electron chi connectivity index (χ1n) is 24.6. The van der Waals surface area contributed by atoms with E-state index in [1.54, 1.807) is 0 Å². The van der Waals surface area contributed by atoms with Crippen LogP contribution in [0.2, 0.25) is 0 Å². The van der Waals surface area contributed by atoms with Crippen molar-refractivity contribution in [1.29, 1.82) is 0 Å². The number of nitrogens with zero attached hydrogens (tertiary/aromatic N) is 2. The Morgan fingerprint density at radius 3 is 2.67 bits per heavy atom. The second-order valence-corrected chi connectivity index (χ2v) is 23.3. The van der Waals surface area contributed by atoms with Crippen molar-refractivity contribution in [2.45, 2.75) is 154 Å². The van der Waals surface area contributed by atoms with E-state index >= 15 is 9.59 Å². The van der Waals surface area contributed by atoms with Crippen LogP contribution in [0, 0.1) is 63.6 Å². The number of hydrogen-bond acceptors (Lipinski definition) is 8. The maximum absolute atomic E-state index is 16.0. The predicted octanol–water partition coefficient (Wildman–Crippen LogP) is 8.16. The summed E-state index contributed by atoms with van der Waals surface area (Å²) in [6.45, 7) is 15.7. The molecule has 12 bridgehead atoms. The molecule has 14 aliphatic rings. The molecule has 5 aliphatic carbocycles. The van der Waals surface area contributed by atoms with Crippen molar-refractivity contribution in [2.24, 2.45) is 69.3 Å². The summed E-state index contributed by atoms with van der Waals surface area (Å²) in [6.07, 6.45) is 15.1. The van der Waals surface area contributed by atoms with Crippen LogP contribution < -0.4 is 5.73 Å². The van der Waals surface area contributed by atoms with Gasteiger partial charge in [-0.3, -0.25) is 19.4 Å². The van der Waals surface area contributed by atoms with Crippen molar-refractivity contribution in [1.82, 2.24) is 9.80 Å². The molecule has 2 N–H and O–H groups in total. The smallest absolute Gasteiger partial charge is 0.339 e. The highest BCUT2D eigenvalue weighted by atomic mass is 16.6. The quantitative estimate of drug-likeness (QED) is 0.287. The van der Waals surface area contributed by atoms with Crippen LogP contribution in [0.5, 0.6) is 0 Å². The summed E-state index contributed by atoms with van der Waals surface area (Å²) in [6, 6.07) is 7.41. The van der Waals surface area contributed by atoms with Gasteiger partial charge < -0.3 is 15.2 Å². The minimum atomic E-state index is -1.14. The Labute approximate surface area is 357 Å². The average molecular weight is 816 g/mol. The third kappa shape index (κ3) is 4.68. The van der Waals surface area contributed by atoms with Gasteiger partial charge in [-0.15, -0.1) is 0 Å². The van der Waals surface area contributed by atoms with E-state index in [1.807, 2.05) is 0 Å². The lowest BCUT2D eigenvalue weighted by molar-refractivity contribution is -0.303. The maximum Gasteiger partial charge on any atom is 0.339 e. The van der Waals surface area contributed by atoms with Gasteiger partial charge in [0, 0.05) is 61.6 Å². The van der Waals surface area contributed by atoms with Gasteiger partial charge in [-0.1, -0.05) is 64.0 Å². The molecule has 3 spiro atoms. The number of fused-ring (bicyclic) bond motifs is 3. The fourth-order valence-electron chi connectivity index (χ4n) is 17.8. The highest BCUT2D eigenvalue weighted by Crippen LogP contribution is 2.87. The largest absolute Gasteiger partial charge is 0.453 e. The highest BCUT2D eigenvalue weighted by Gasteiger charge is 2.95. The number of piperidine rings is 3. The number of allylic oxidation sites excluding steroid dienone is 2. The van der Waals surface area contributed by atoms with E-state index in [-0.39, 0.29) is 35.1 Å². The zero-order chi connectivity index (χ0) is 41.2. The number of benzene rings is 1. The Hall–Kier alpha value is -2.81. The molecule has 0 amide bonds. The molecule has 15 rings (SSSR count). The Morgan fingerprint density at radius 2 is 1.85 bits per heavy atom. The molecule has 6 saturated heterocycles. The third-order valence-corrected chi connectivity index (χ3v) is 19.9. The highest BCUT2D eigenvalue weighted by molar-refractivity contribution is 6.03. The number of rotatable bonds is 6. The molecule has 1 aromatic carbocycles. The molecule has 0 radical (unpaired) electrons. The van der Waals surface area contributed by atoms with Gasteiger partial charge in [0.05, 0.1) is 11.0 Å². The molecule has 9 fully saturated rings. The number of ketones is 1. The summed E-state index contributed by atoms with van der Waals surface area (Å²) in [5, 5.41) is 0. The van der Waals surface area contributed by atoms with E-state index < -0.39 is 22.5 Å². The molecule has 9 aliphatic heterocycles. The monoisotopic (exact) mass is 816 g/mol. The lowest BCUT2D eigenvalue weighted by Gasteiger charge is -2.74. The van der Waals surface area contributed by atoms with Crippen molar-refractivity contribution in [3.8, 4) is 0 Å². The van der Waals surface area contributed by atoms with Crippen LogP contribution in [0.3, 0.4) is 0 Å². The Morgan fingerprint density at radius 1 is 1.00 bits per heavy atom. The second-order valence-electron chi connectivity index (χ2n) is 23.3. The Kier molecular flexibility index (Phi) is 8.50. The zero-order valence-electron chi connectivity index (χ0n) is 37.0. The van der Waals surface area contributed by atoms with E-state index in [0.717, 1.165) is 75.7 Å². The van der Waals surface area contributed by atoms with Gasteiger partial charge in [0.1, 0.15) is 5.41 Å². The number of carbonyl (C=O) groups is 3. The SMILES string of the molecule is CC(C)CCC1(C)CCC2=CC3C(C)CC4CCC5C6CC7CN(C6)C(C)CC(=O)C6OC(=O)C89C2=C(CCC68C2(OC(=O)c6c(CCCN)cccc62)C9C1)C3C4N5C7. The molecule has 3 saturated carbocycles. The first kappa shape index (κ1) is 38.8. The summed E-state index contributed by atoms with van der Waals surface area (Å²) < 4.78 is 14.2. The molecule has 9 heterocycles. The van der Waals surface area contributed by atoms with Crippen LogP contribution in [0.1, 0.15) is 140 Å². The summed E-state index contributed by atoms with van der Waals surface area (Å²) in [5.74, 6) is 3.04. The van der Waals surface area contributed by atoms with E-state index in [2.05, 4.69) is 68.7 Å². The van der Waals surface area contributed by atoms with Gasteiger partial charge in [0.15, 0.2) is 17.5 Å². The zero-order valence-corrected chi connectivity index (χ0v) is 37.0. The first-order valence-corrected chi connectivity index (χ1v) is 24.6. The summed E-state index contributed by atoms with van der Waals surface area (Å²) in [4.78, 5) is 52.2. The van der Waals surface area contributed by atoms with Crippen LogP contribution in [-0.2, 0) is 31.1 Å². The van der Waals surface area contributed by atoms with E-state index in [4.69, 9.17) is 15.2 Å². The minimum Gasteiger partial charge on any atom is -0.453 e. The molecule has 17 atom stereocenters. The number of ether oxygens (including phenoxy) is 2. The predicted molar refractivity (Wildman–Crippen MR) is 230 cm³/mol. The normalized spacial score (nSPS) is 49.0. The summed E-state index contributed by atoms with van der Waals surface area (Å²) in [7, 11) is 0. The van der Waals surface area contributed by atoms with Crippen LogP contribution >= 0.6 is 0 Å². The van der Waals surface area contributed by atoms with Crippen LogP contribution in [0.15, 0.2) is 41.0 Å². The number of carbonyl (C=O) groups excluding carboxylic acids is 3. The van der Waals surface area contributed by atoms with Crippen LogP contribution in [-0.4, -0.2) is 77.9 Å². The lowest BCUT2D eigenvalue weighted by atomic mass is 9.26. The third-order valence-electron chi connectivity index (χ3n) is 19.9. The maximum atomic E-state index is 16.0. The Balaban J connectivity index is 1.14. The van der Waals surface area contributed by atoms with Crippen molar-refractivity contribution in [2.75, 3.05) is 26.2 Å². The lowest BCUT2D eigenvalue weighted by Crippen LogP contribution is -2.80. The molecule has 60 heavy (non-hydrogen) atoms. The minimum absolute atomic E-state index is 0.0274. The van der Waals surface area contributed by atoms with Crippen molar-refractivity contribution in [3.05, 3.63) is 57.7 Å². The summed E-state index contributed by atoms with van der Waals surface area (Å²) in [5.41, 5.74) is 9.48. The average Bonchev–Trinajstić information content (AvgIpc) is 3.68. The molecule has 17 unspecified atom stereocenters. The fraction of sp³-hybridized carbons (Fsp3) is 0.750. The Bertz CT molecular complexity index is 2130. The molecular formula is C52H69N3O5.